The number of carbonyl (C=O) groups is 1. The van der Waals surface area contributed by atoms with Crippen LogP contribution >= 0.6 is 35.7 Å². The Balaban J connectivity index is 1.60. The Hall–Kier alpha value is -3.54. The Kier molecular flexibility index (Phi) is 6.77. The van der Waals surface area contributed by atoms with Gasteiger partial charge in [0.2, 0.25) is 0 Å². The molecule has 0 atom stereocenters. The lowest BCUT2D eigenvalue weighted by Gasteiger charge is -2.13. The number of nitro groups is 2. The Labute approximate surface area is 208 Å². The van der Waals surface area contributed by atoms with Crippen LogP contribution in [-0.4, -0.2) is 20.1 Å². The maximum Gasteiger partial charge on any atom is 0.283 e. The SMILES string of the molecule is Cc1ccc(Sc2ccc(C=C3SC(=S)N(c4ccc([N+](=O)[O-])cc4)C3=O)cc2[N+](=O)[O-])cc1. The zero-order chi connectivity index (χ0) is 24.4. The van der Waals surface area contributed by atoms with Gasteiger partial charge in [0.1, 0.15) is 0 Å². The Morgan fingerprint density at radius 3 is 2.26 bits per heavy atom. The molecule has 1 aliphatic rings. The number of non-ortho nitro benzene ring substituents is 1. The molecule has 3 aromatic rings. The second kappa shape index (κ2) is 9.75. The summed E-state index contributed by atoms with van der Waals surface area (Å²) in [5.74, 6) is -0.399. The van der Waals surface area contributed by atoms with E-state index in [4.69, 9.17) is 12.2 Å². The summed E-state index contributed by atoms with van der Waals surface area (Å²) in [6, 6.07) is 18.0. The summed E-state index contributed by atoms with van der Waals surface area (Å²) in [5.41, 5.74) is 1.84. The predicted octanol–water partition coefficient (Wildman–Crippen LogP) is 6.37. The first-order valence-electron chi connectivity index (χ1n) is 9.78. The first-order valence-corrected chi connectivity index (χ1v) is 11.8. The van der Waals surface area contributed by atoms with Gasteiger partial charge in [-0.2, -0.15) is 0 Å². The Morgan fingerprint density at radius 2 is 1.65 bits per heavy atom. The zero-order valence-corrected chi connectivity index (χ0v) is 20.0. The third-order valence-corrected chi connectivity index (χ3v) is 7.21. The van der Waals surface area contributed by atoms with E-state index in [2.05, 4.69) is 0 Å². The van der Waals surface area contributed by atoms with Gasteiger partial charge in [0.25, 0.3) is 17.3 Å². The highest BCUT2D eigenvalue weighted by Gasteiger charge is 2.33. The predicted molar refractivity (Wildman–Crippen MR) is 137 cm³/mol. The standard InChI is InChI=1S/C23H15N3O5S3/c1-14-2-9-18(10-3-14)33-20-11-4-15(12-19(20)26(30)31)13-21-22(27)24(23(32)34-21)16-5-7-17(8-6-16)25(28)29/h2-13H,1H3. The third kappa shape index (κ3) is 5.01. The first-order chi connectivity index (χ1) is 16.2. The van der Waals surface area contributed by atoms with Gasteiger partial charge in [-0.25, -0.2) is 0 Å². The number of rotatable bonds is 6. The van der Waals surface area contributed by atoms with Crippen molar-refractivity contribution in [2.75, 3.05) is 4.90 Å². The third-order valence-electron chi connectivity index (χ3n) is 4.84. The van der Waals surface area contributed by atoms with Crippen molar-refractivity contribution in [2.45, 2.75) is 16.7 Å². The van der Waals surface area contributed by atoms with Crippen molar-refractivity contribution < 1.29 is 14.6 Å². The minimum atomic E-state index is -0.526. The van der Waals surface area contributed by atoms with E-state index in [0.717, 1.165) is 22.2 Å². The molecule has 1 aliphatic heterocycles. The summed E-state index contributed by atoms with van der Waals surface area (Å²) in [6.45, 7) is 1.97. The molecule has 1 heterocycles. The van der Waals surface area contributed by atoms with Crippen molar-refractivity contribution in [3.63, 3.8) is 0 Å². The topological polar surface area (TPSA) is 107 Å². The van der Waals surface area contributed by atoms with Crippen molar-refractivity contribution >= 4 is 69.1 Å². The normalized spacial score (nSPS) is 14.6. The number of carbonyl (C=O) groups excluding carboxylic acids is 1. The average molecular weight is 510 g/mol. The molecule has 0 aromatic heterocycles. The fraction of sp³-hybridized carbons (Fsp3) is 0.0435. The summed E-state index contributed by atoms with van der Waals surface area (Å²) in [6.07, 6.45) is 1.55. The molecule has 3 aromatic carbocycles. The first kappa shape index (κ1) is 23.6. The molecule has 0 saturated carbocycles. The van der Waals surface area contributed by atoms with E-state index in [-0.39, 0.29) is 15.7 Å². The fourth-order valence-electron chi connectivity index (χ4n) is 3.15. The summed E-state index contributed by atoms with van der Waals surface area (Å²) in [7, 11) is 0. The van der Waals surface area contributed by atoms with E-state index in [0.29, 0.717) is 21.1 Å². The van der Waals surface area contributed by atoms with Crippen molar-refractivity contribution in [3.8, 4) is 0 Å². The number of thiocarbonyl (C=S) groups is 1. The van der Waals surface area contributed by atoms with Crippen LogP contribution < -0.4 is 4.90 Å². The molecule has 8 nitrogen and oxygen atoms in total. The second-order valence-electron chi connectivity index (χ2n) is 7.19. The number of thioether (sulfide) groups is 1. The van der Waals surface area contributed by atoms with E-state index >= 15 is 0 Å². The molecule has 170 valence electrons. The maximum absolute atomic E-state index is 13.0. The van der Waals surface area contributed by atoms with Crippen molar-refractivity contribution in [1.29, 1.82) is 0 Å². The van der Waals surface area contributed by atoms with Gasteiger partial charge < -0.3 is 0 Å². The number of nitrogens with zero attached hydrogens (tertiary/aromatic N) is 3. The van der Waals surface area contributed by atoms with E-state index in [1.54, 1.807) is 18.2 Å². The molecule has 4 rings (SSSR count). The highest BCUT2D eigenvalue weighted by molar-refractivity contribution is 8.27. The van der Waals surface area contributed by atoms with Gasteiger partial charge in [0, 0.05) is 23.1 Å². The van der Waals surface area contributed by atoms with Crippen LogP contribution in [0.4, 0.5) is 17.1 Å². The fourth-order valence-corrected chi connectivity index (χ4v) is 5.35. The Bertz CT molecular complexity index is 1360. The monoisotopic (exact) mass is 509 g/mol. The molecule has 34 heavy (non-hydrogen) atoms. The summed E-state index contributed by atoms with van der Waals surface area (Å²) in [5, 5.41) is 22.6. The number of hydrogen-bond acceptors (Lipinski definition) is 8. The molecule has 0 radical (unpaired) electrons. The minimum absolute atomic E-state index is 0.0647. The number of anilines is 1. The molecule has 0 aliphatic carbocycles. The average Bonchev–Trinajstić information content (AvgIpc) is 3.08. The number of nitro benzene ring substituents is 2. The van der Waals surface area contributed by atoms with Gasteiger partial charge >= 0.3 is 0 Å². The number of hydrogen-bond donors (Lipinski definition) is 0. The lowest BCUT2D eigenvalue weighted by Crippen LogP contribution is -2.27. The minimum Gasteiger partial charge on any atom is -0.268 e. The highest BCUT2D eigenvalue weighted by atomic mass is 32.2. The summed E-state index contributed by atoms with van der Waals surface area (Å²) >= 11 is 7.69. The smallest absolute Gasteiger partial charge is 0.268 e. The van der Waals surface area contributed by atoms with Gasteiger partial charge in [0.15, 0.2) is 4.32 Å². The van der Waals surface area contributed by atoms with Crippen LogP contribution in [0.1, 0.15) is 11.1 Å². The van der Waals surface area contributed by atoms with E-state index in [1.165, 1.54) is 47.0 Å². The number of amides is 1. The van der Waals surface area contributed by atoms with Crippen LogP contribution in [-0.2, 0) is 4.79 Å². The lowest BCUT2D eigenvalue weighted by molar-refractivity contribution is -0.387. The van der Waals surface area contributed by atoms with Gasteiger partial charge in [-0.15, -0.1) is 0 Å². The maximum atomic E-state index is 13.0. The highest BCUT2D eigenvalue weighted by Crippen LogP contribution is 2.39. The van der Waals surface area contributed by atoms with Crippen LogP contribution in [0.2, 0.25) is 0 Å². The summed E-state index contributed by atoms with van der Waals surface area (Å²) in [4.78, 5) is 37.5. The number of aryl methyl sites for hydroxylation is 1. The van der Waals surface area contributed by atoms with Crippen molar-refractivity contribution in [3.05, 3.63) is 103 Å². The van der Waals surface area contributed by atoms with Crippen molar-refractivity contribution in [2.24, 2.45) is 0 Å². The molecule has 0 spiro atoms. The lowest BCUT2D eigenvalue weighted by atomic mass is 10.2. The number of benzene rings is 3. The molecular weight excluding hydrogens is 494 g/mol. The molecule has 0 N–H and O–H groups in total. The summed E-state index contributed by atoms with van der Waals surface area (Å²) < 4.78 is 0.270. The largest absolute Gasteiger partial charge is 0.283 e. The second-order valence-corrected chi connectivity index (χ2v) is 9.98. The molecule has 1 saturated heterocycles. The van der Waals surface area contributed by atoms with E-state index in [9.17, 15) is 25.0 Å². The molecule has 1 amide bonds. The quantitative estimate of drug-likeness (QED) is 0.163. The molecule has 0 unspecified atom stereocenters. The molecule has 0 bridgehead atoms. The van der Waals surface area contributed by atoms with Crippen LogP contribution in [0.3, 0.4) is 0 Å². The van der Waals surface area contributed by atoms with Crippen LogP contribution in [0.25, 0.3) is 6.08 Å². The van der Waals surface area contributed by atoms with Gasteiger partial charge in [-0.3, -0.25) is 29.9 Å². The van der Waals surface area contributed by atoms with Crippen LogP contribution in [0, 0.1) is 27.2 Å². The Morgan fingerprint density at radius 1 is 0.971 bits per heavy atom. The van der Waals surface area contributed by atoms with Crippen LogP contribution in [0.15, 0.2) is 81.4 Å². The molecular formula is C23H15N3O5S3. The van der Waals surface area contributed by atoms with Crippen molar-refractivity contribution in [1.82, 2.24) is 0 Å². The molecule has 11 heteroatoms. The van der Waals surface area contributed by atoms with E-state index < -0.39 is 15.8 Å². The van der Waals surface area contributed by atoms with E-state index in [1.807, 2.05) is 31.2 Å². The zero-order valence-electron chi connectivity index (χ0n) is 17.5. The molecule has 1 fully saturated rings. The van der Waals surface area contributed by atoms with Gasteiger partial charge in [0.05, 0.1) is 25.3 Å². The van der Waals surface area contributed by atoms with Gasteiger partial charge in [-0.05, 0) is 48.9 Å². The van der Waals surface area contributed by atoms with Crippen LogP contribution in [0.5, 0.6) is 0 Å². The van der Waals surface area contributed by atoms with Gasteiger partial charge in [-0.1, -0.05) is 59.5 Å².